The summed E-state index contributed by atoms with van der Waals surface area (Å²) < 4.78 is 15.2. The lowest BCUT2D eigenvalue weighted by Crippen LogP contribution is -2.17. The molecule has 0 aromatic heterocycles. The van der Waals surface area contributed by atoms with Crippen LogP contribution in [0.2, 0.25) is 0 Å². The molecule has 0 aliphatic heterocycles. The smallest absolute Gasteiger partial charge is 0.113 e. The molecule has 1 unspecified atom stereocenters. The predicted molar refractivity (Wildman–Crippen MR) is 47.7 cm³/mol. The van der Waals surface area contributed by atoms with Crippen LogP contribution >= 0.6 is 0 Å². The van der Waals surface area contributed by atoms with E-state index in [0.29, 0.717) is 26.4 Å². The lowest BCUT2D eigenvalue weighted by atomic mass is 10.4. The van der Waals surface area contributed by atoms with Gasteiger partial charge in [0, 0.05) is 6.61 Å². The molecule has 1 radical (unpaired) electrons. The minimum absolute atomic E-state index is 0.0800. The highest BCUT2D eigenvalue weighted by atomic mass is 16.5. The van der Waals surface area contributed by atoms with Crippen LogP contribution < -0.4 is 0 Å². The first-order valence-electron chi connectivity index (χ1n) is 4.02. The second kappa shape index (κ2) is 8.56. The van der Waals surface area contributed by atoms with E-state index in [2.05, 4.69) is 13.5 Å². The van der Waals surface area contributed by atoms with E-state index < -0.39 is 0 Å². The first kappa shape index (κ1) is 11.5. The topological polar surface area (TPSA) is 27.7 Å². The summed E-state index contributed by atoms with van der Waals surface area (Å²) in [5.74, 6) is 0. The predicted octanol–water partition coefficient (Wildman–Crippen LogP) is 1.40. The summed E-state index contributed by atoms with van der Waals surface area (Å²) in [6.45, 7) is 11.1. The van der Waals surface area contributed by atoms with Crippen molar-refractivity contribution in [3.05, 3.63) is 19.8 Å². The third-order valence-electron chi connectivity index (χ3n) is 1.22. The molecule has 0 aromatic carbocycles. The van der Waals surface area contributed by atoms with Crippen molar-refractivity contribution in [3.63, 3.8) is 0 Å². The number of ether oxygens (including phenoxy) is 3. The van der Waals surface area contributed by atoms with E-state index in [-0.39, 0.29) is 6.10 Å². The zero-order chi connectivity index (χ0) is 9.23. The summed E-state index contributed by atoms with van der Waals surface area (Å²) in [4.78, 5) is 0. The average molecular weight is 173 g/mol. The van der Waals surface area contributed by atoms with Crippen LogP contribution in [0.3, 0.4) is 0 Å². The highest BCUT2D eigenvalue weighted by Crippen LogP contribution is 1.91. The van der Waals surface area contributed by atoms with Gasteiger partial charge in [-0.1, -0.05) is 6.58 Å². The van der Waals surface area contributed by atoms with Crippen LogP contribution in [0.4, 0.5) is 0 Å². The van der Waals surface area contributed by atoms with Crippen molar-refractivity contribution in [2.75, 3.05) is 26.4 Å². The Balaban J connectivity index is 3.07. The molecule has 0 saturated carbocycles. The van der Waals surface area contributed by atoms with Gasteiger partial charge < -0.3 is 14.2 Å². The van der Waals surface area contributed by atoms with Crippen molar-refractivity contribution < 1.29 is 14.2 Å². The maximum atomic E-state index is 5.32. The molecule has 0 bridgehead atoms. The molecule has 0 aliphatic rings. The van der Waals surface area contributed by atoms with Gasteiger partial charge in [0.15, 0.2) is 0 Å². The Morgan fingerprint density at radius 1 is 1.42 bits per heavy atom. The van der Waals surface area contributed by atoms with Crippen LogP contribution in [0.5, 0.6) is 0 Å². The summed E-state index contributed by atoms with van der Waals surface area (Å²) in [6, 6.07) is 0. The van der Waals surface area contributed by atoms with E-state index in [1.165, 1.54) is 6.26 Å². The Morgan fingerprint density at radius 3 is 2.75 bits per heavy atom. The molecule has 0 aliphatic carbocycles. The third-order valence-corrected chi connectivity index (χ3v) is 1.22. The Kier molecular flexibility index (Phi) is 8.17. The Morgan fingerprint density at radius 2 is 2.17 bits per heavy atom. The fraction of sp³-hybridized carbons (Fsp3) is 0.667. The number of rotatable bonds is 8. The molecular formula is C9H17O3. The van der Waals surface area contributed by atoms with Gasteiger partial charge in [0.2, 0.25) is 0 Å². The molecule has 0 fully saturated rings. The highest BCUT2D eigenvalue weighted by Gasteiger charge is 2.00. The Bertz CT molecular complexity index is 104. The highest BCUT2D eigenvalue weighted by molar-refractivity contribution is 4.53. The van der Waals surface area contributed by atoms with Crippen LogP contribution in [-0.4, -0.2) is 32.5 Å². The van der Waals surface area contributed by atoms with E-state index in [1.807, 2.05) is 6.92 Å². The lowest BCUT2D eigenvalue weighted by Gasteiger charge is -2.11. The summed E-state index contributed by atoms with van der Waals surface area (Å²) in [7, 11) is 0. The molecule has 0 saturated heterocycles. The van der Waals surface area contributed by atoms with Gasteiger partial charge in [-0.05, 0) is 13.8 Å². The minimum Gasteiger partial charge on any atom is -0.499 e. The lowest BCUT2D eigenvalue weighted by molar-refractivity contribution is -0.00919. The molecule has 1 atom stereocenters. The summed E-state index contributed by atoms with van der Waals surface area (Å²) in [5.41, 5.74) is 0. The van der Waals surface area contributed by atoms with Crippen molar-refractivity contribution in [3.8, 4) is 0 Å². The summed E-state index contributed by atoms with van der Waals surface area (Å²) >= 11 is 0. The Labute approximate surface area is 74.3 Å². The van der Waals surface area contributed by atoms with E-state index in [9.17, 15) is 0 Å². The number of hydrogen-bond donors (Lipinski definition) is 0. The van der Waals surface area contributed by atoms with E-state index in [4.69, 9.17) is 14.2 Å². The van der Waals surface area contributed by atoms with Gasteiger partial charge in [0.25, 0.3) is 0 Å². The molecule has 0 spiro atoms. The van der Waals surface area contributed by atoms with Gasteiger partial charge in [-0.2, -0.15) is 0 Å². The normalized spacial score (nSPS) is 12.5. The van der Waals surface area contributed by atoms with E-state index in [0.717, 1.165) is 0 Å². The van der Waals surface area contributed by atoms with Crippen molar-refractivity contribution in [2.24, 2.45) is 0 Å². The molecule has 0 heterocycles. The van der Waals surface area contributed by atoms with Gasteiger partial charge in [0.05, 0.1) is 25.6 Å². The van der Waals surface area contributed by atoms with E-state index >= 15 is 0 Å². The van der Waals surface area contributed by atoms with Gasteiger partial charge in [0.1, 0.15) is 6.61 Å². The Hall–Kier alpha value is -0.540. The standard InChI is InChI=1S/C9H17O3/c1-4-10-6-7-12-9(3)8-11-5-2/h5,9H,1-2,4,6-8H2,3H3. The fourth-order valence-corrected chi connectivity index (χ4v) is 0.662. The van der Waals surface area contributed by atoms with Crippen LogP contribution in [0, 0.1) is 6.92 Å². The van der Waals surface area contributed by atoms with Crippen molar-refractivity contribution in [1.82, 2.24) is 0 Å². The monoisotopic (exact) mass is 173 g/mol. The van der Waals surface area contributed by atoms with E-state index in [1.54, 1.807) is 0 Å². The molecule has 12 heavy (non-hydrogen) atoms. The molecule has 0 rings (SSSR count). The zero-order valence-corrected chi connectivity index (χ0v) is 7.62. The van der Waals surface area contributed by atoms with Crippen LogP contribution in [0.15, 0.2) is 12.8 Å². The average Bonchev–Trinajstić information content (AvgIpc) is 2.09. The van der Waals surface area contributed by atoms with Gasteiger partial charge in [-0.15, -0.1) is 0 Å². The van der Waals surface area contributed by atoms with Crippen molar-refractivity contribution in [2.45, 2.75) is 13.0 Å². The molecule has 3 nitrogen and oxygen atoms in total. The third kappa shape index (κ3) is 7.57. The number of hydrogen-bond acceptors (Lipinski definition) is 3. The fourth-order valence-electron chi connectivity index (χ4n) is 0.662. The molecule has 0 aromatic rings. The molecule has 3 heteroatoms. The minimum atomic E-state index is 0.0800. The molecular weight excluding hydrogens is 156 g/mol. The van der Waals surface area contributed by atoms with Crippen LogP contribution in [0.25, 0.3) is 0 Å². The van der Waals surface area contributed by atoms with Crippen molar-refractivity contribution in [1.29, 1.82) is 0 Å². The second-order valence-corrected chi connectivity index (χ2v) is 2.29. The molecule has 0 amide bonds. The summed E-state index contributed by atoms with van der Waals surface area (Å²) in [6.07, 6.45) is 1.49. The molecule has 0 N–H and O–H groups in total. The second-order valence-electron chi connectivity index (χ2n) is 2.29. The summed E-state index contributed by atoms with van der Waals surface area (Å²) in [5, 5.41) is 0. The first-order chi connectivity index (χ1) is 5.81. The SMILES string of the molecule is [CH2]COCCOC(C)COC=C. The largest absolute Gasteiger partial charge is 0.499 e. The maximum absolute atomic E-state index is 5.32. The van der Waals surface area contributed by atoms with Gasteiger partial charge >= 0.3 is 0 Å². The zero-order valence-electron chi connectivity index (χ0n) is 7.62. The van der Waals surface area contributed by atoms with Gasteiger partial charge in [-0.3, -0.25) is 0 Å². The first-order valence-corrected chi connectivity index (χ1v) is 4.02. The maximum Gasteiger partial charge on any atom is 0.113 e. The van der Waals surface area contributed by atoms with Gasteiger partial charge in [-0.25, -0.2) is 0 Å². The van der Waals surface area contributed by atoms with Crippen LogP contribution in [-0.2, 0) is 14.2 Å². The van der Waals surface area contributed by atoms with Crippen LogP contribution in [0.1, 0.15) is 6.92 Å². The quantitative estimate of drug-likeness (QED) is 0.410. The van der Waals surface area contributed by atoms with Crippen molar-refractivity contribution >= 4 is 0 Å². The molecule has 71 valence electrons.